The first kappa shape index (κ1) is 20.5. The van der Waals surface area contributed by atoms with Gasteiger partial charge in [0.15, 0.2) is 5.82 Å². The Kier molecular flexibility index (Phi) is 6.18. The van der Waals surface area contributed by atoms with Crippen molar-refractivity contribution in [1.82, 2.24) is 14.9 Å². The molecular weight excluding hydrogens is 410 g/mol. The fourth-order valence-corrected chi connectivity index (χ4v) is 3.75. The van der Waals surface area contributed by atoms with Gasteiger partial charge in [0.1, 0.15) is 5.75 Å². The molecule has 1 aromatic heterocycles. The minimum absolute atomic E-state index is 0.142. The van der Waals surface area contributed by atoms with E-state index in [1.165, 1.54) is 16.4 Å². The molecular formula is C23H21N5O2S. The number of hydrogen-bond acceptors (Lipinski definition) is 6. The highest BCUT2D eigenvalue weighted by atomic mass is 32.2. The van der Waals surface area contributed by atoms with Crippen molar-refractivity contribution in [2.75, 3.05) is 18.3 Å². The first-order valence-corrected chi connectivity index (χ1v) is 10.6. The number of amides is 1. The minimum Gasteiger partial charge on any atom is -0.497 e. The Morgan fingerprint density at radius 3 is 2.39 bits per heavy atom. The molecule has 7 nitrogen and oxygen atoms in total. The van der Waals surface area contributed by atoms with Crippen LogP contribution >= 0.6 is 11.8 Å². The predicted octanol–water partition coefficient (Wildman–Crippen LogP) is 4.21. The number of carbonyl (C=O) groups is 1. The van der Waals surface area contributed by atoms with E-state index in [4.69, 9.17) is 10.6 Å². The van der Waals surface area contributed by atoms with E-state index >= 15 is 0 Å². The lowest BCUT2D eigenvalue weighted by Gasteiger charge is -2.07. The lowest BCUT2D eigenvalue weighted by atomic mass is 10.1. The van der Waals surface area contributed by atoms with Crippen LogP contribution in [0.4, 0.5) is 5.69 Å². The maximum atomic E-state index is 12.4. The number of nitrogen functional groups attached to an aromatic ring is 1. The van der Waals surface area contributed by atoms with Crippen molar-refractivity contribution in [3.63, 3.8) is 0 Å². The molecule has 31 heavy (non-hydrogen) atoms. The molecule has 3 aromatic carbocycles. The molecule has 8 heteroatoms. The smallest absolute Gasteiger partial charge is 0.255 e. The third kappa shape index (κ3) is 4.87. The summed E-state index contributed by atoms with van der Waals surface area (Å²) in [5.74, 6) is 8.05. The number of carbonyl (C=O) groups excluding carboxylic acids is 1. The second kappa shape index (κ2) is 9.36. The predicted molar refractivity (Wildman–Crippen MR) is 123 cm³/mol. The van der Waals surface area contributed by atoms with Crippen molar-refractivity contribution in [2.45, 2.75) is 10.9 Å². The number of thioether (sulfide) groups is 1. The Morgan fingerprint density at radius 1 is 1.00 bits per heavy atom. The number of ether oxygens (including phenoxy) is 1. The summed E-state index contributed by atoms with van der Waals surface area (Å²) in [5.41, 5.74) is 3.27. The Labute approximate surface area is 184 Å². The molecule has 0 aliphatic rings. The Morgan fingerprint density at radius 2 is 1.71 bits per heavy atom. The van der Waals surface area contributed by atoms with Gasteiger partial charge in [0.25, 0.3) is 5.91 Å². The fraction of sp³-hybridized carbons (Fsp3) is 0.0870. The zero-order valence-corrected chi connectivity index (χ0v) is 17.7. The number of aromatic nitrogens is 3. The first-order valence-electron chi connectivity index (χ1n) is 9.57. The van der Waals surface area contributed by atoms with E-state index in [2.05, 4.69) is 15.5 Å². The standard InChI is InChI=1S/C23H21N5O2S/c1-30-20-13-11-17(12-14-20)21-26-27-23(28(21)24)31-15-16-7-9-18(10-8-16)22(29)25-19-5-3-2-4-6-19/h2-14H,15,24H2,1H3,(H,25,29). The van der Waals surface area contributed by atoms with Crippen LogP contribution in [0.3, 0.4) is 0 Å². The molecule has 0 aliphatic heterocycles. The second-order valence-electron chi connectivity index (χ2n) is 6.71. The number of anilines is 1. The van der Waals surface area contributed by atoms with Gasteiger partial charge >= 0.3 is 0 Å². The zero-order chi connectivity index (χ0) is 21.6. The van der Waals surface area contributed by atoms with E-state index in [1.54, 1.807) is 7.11 Å². The summed E-state index contributed by atoms with van der Waals surface area (Å²) < 4.78 is 6.66. The van der Waals surface area contributed by atoms with E-state index in [9.17, 15) is 4.79 Å². The molecule has 0 saturated carbocycles. The van der Waals surface area contributed by atoms with Crippen LogP contribution in [-0.4, -0.2) is 27.9 Å². The molecule has 0 bridgehead atoms. The van der Waals surface area contributed by atoms with Crippen molar-refractivity contribution in [1.29, 1.82) is 0 Å². The third-order valence-corrected chi connectivity index (χ3v) is 5.64. The minimum atomic E-state index is -0.142. The maximum Gasteiger partial charge on any atom is 0.255 e. The molecule has 0 unspecified atom stereocenters. The number of hydrogen-bond donors (Lipinski definition) is 2. The monoisotopic (exact) mass is 431 g/mol. The first-order chi connectivity index (χ1) is 15.1. The molecule has 1 heterocycles. The van der Waals surface area contributed by atoms with Gasteiger partial charge in [0, 0.05) is 22.6 Å². The van der Waals surface area contributed by atoms with Crippen LogP contribution in [0.2, 0.25) is 0 Å². The molecule has 0 aliphatic carbocycles. The van der Waals surface area contributed by atoms with Crippen LogP contribution < -0.4 is 15.9 Å². The molecule has 3 N–H and O–H groups in total. The molecule has 1 amide bonds. The van der Waals surface area contributed by atoms with Crippen LogP contribution in [0, 0.1) is 0 Å². The van der Waals surface area contributed by atoms with E-state index in [1.807, 2.05) is 78.9 Å². The Hall–Kier alpha value is -3.78. The highest BCUT2D eigenvalue weighted by Crippen LogP contribution is 2.25. The van der Waals surface area contributed by atoms with Crippen LogP contribution in [0.5, 0.6) is 5.75 Å². The zero-order valence-electron chi connectivity index (χ0n) is 16.9. The van der Waals surface area contributed by atoms with Crippen molar-refractivity contribution >= 4 is 23.4 Å². The van der Waals surface area contributed by atoms with Crippen molar-refractivity contribution < 1.29 is 9.53 Å². The molecule has 156 valence electrons. The quantitative estimate of drug-likeness (QED) is 0.336. The Bertz CT molecular complexity index is 1160. The average Bonchev–Trinajstić information content (AvgIpc) is 3.19. The summed E-state index contributed by atoms with van der Waals surface area (Å²) in [4.78, 5) is 12.4. The van der Waals surface area contributed by atoms with E-state index in [0.29, 0.717) is 22.3 Å². The summed E-state index contributed by atoms with van der Waals surface area (Å²) in [6.45, 7) is 0. The van der Waals surface area contributed by atoms with Gasteiger partial charge < -0.3 is 15.9 Å². The Balaban J connectivity index is 1.38. The number of benzene rings is 3. The van der Waals surface area contributed by atoms with Gasteiger partial charge in [-0.1, -0.05) is 42.1 Å². The van der Waals surface area contributed by atoms with Crippen molar-refractivity contribution in [2.24, 2.45) is 0 Å². The highest BCUT2D eigenvalue weighted by molar-refractivity contribution is 7.98. The largest absolute Gasteiger partial charge is 0.497 e. The molecule has 0 saturated heterocycles. The fourth-order valence-electron chi connectivity index (χ4n) is 2.94. The molecule has 0 spiro atoms. The summed E-state index contributed by atoms with van der Waals surface area (Å²) in [7, 11) is 1.62. The van der Waals surface area contributed by atoms with E-state index in [-0.39, 0.29) is 5.91 Å². The summed E-state index contributed by atoms with van der Waals surface area (Å²) in [6, 6.07) is 24.3. The number of rotatable bonds is 7. The van der Waals surface area contributed by atoms with Crippen LogP contribution in [-0.2, 0) is 5.75 Å². The van der Waals surface area contributed by atoms with E-state index < -0.39 is 0 Å². The lowest BCUT2D eigenvalue weighted by Crippen LogP contribution is -2.12. The molecule has 0 fully saturated rings. The highest BCUT2D eigenvalue weighted by Gasteiger charge is 2.13. The number of methoxy groups -OCH3 is 1. The van der Waals surface area contributed by atoms with Crippen LogP contribution in [0.1, 0.15) is 15.9 Å². The average molecular weight is 432 g/mol. The maximum absolute atomic E-state index is 12.4. The van der Waals surface area contributed by atoms with Crippen molar-refractivity contribution in [3.05, 3.63) is 90.0 Å². The summed E-state index contributed by atoms with van der Waals surface area (Å²) >= 11 is 1.48. The van der Waals surface area contributed by atoms with Gasteiger partial charge in [0.05, 0.1) is 7.11 Å². The number of para-hydroxylation sites is 1. The molecule has 4 aromatic rings. The topological polar surface area (TPSA) is 95.1 Å². The van der Waals surface area contributed by atoms with Crippen LogP contribution in [0.25, 0.3) is 11.4 Å². The van der Waals surface area contributed by atoms with Crippen LogP contribution in [0.15, 0.2) is 84.0 Å². The third-order valence-electron chi connectivity index (χ3n) is 4.63. The summed E-state index contributed by atoms with van der Waals surface area (Å²) in [6.07, 6.45) is 0. The molecule has 0 atom stereocenters. The molecule has 4 rings (SSSR count). The second-order valence-corrected chi connectivity index (χ2v) is 7.65. The normalized spacial score (nSPS) is 10.6. The lowest BCUT2D eigenvalue weighted by molar-refractivity contribution is 0.102. The van der Waals surface area contributed by atoms with Gasteiger partial charge in [-0.15, -0.1) is 10.2 Å². The van der Waals surface area contributed by atoms with Crippen molar-refractivity contribution in [3.8, 4) is 17.1 Å². The summed E-state index contributed by atoms with van der Waals surface area (Å²) in [5, 5.41) is 11.9. The van der Waals surface area contributed by atoms with Gasteiger partial charge in [-0.25, -0.2) is 4.68 Å². The number of nitrogens with one attached hydrogen (secondary N) is 1. The SMILES string of the molecule is COc1ccc(-c2nnc(SCc3ccc(C(=O)Nc4ccccc4)cc3)n2N)cc1. The molecule has 0 radical (unpaired) electrons. The van der Waals surface area contributed by atoms with Gasteiger partial charge in [-0.3, -0.25) is 4.79 Å². The van der Waals surface area contributed by atoms with Gasteiger partial charge in [0.2, 0.25) is 5.16 Å². The van der Waals surface area contributed by atoms with Gasteiger partial charge in [-0.2, -0.15) is 0 Å². The number of nitrogens with two attached hydrogens (primary N) is 1. The van der Waals surface area contributed by atoms with Gasteiger partial charge in [-0.05, 0) is 54.1 Å². The number of nitrogens with zero attached hydrogens (tertiary/aromatic N) is 3. The van der Waals surface area contributed by atoms with E-state index in [0.717, 1.165) is 22.6 Å².